The fourth-order valence-corrected chi connectivity index (χ4v) is 5.43. The number of rotatable bonds is 4. The lowest BCUT2D eigenvalue weighted by Gasteiger charge is -2.39. The van der Waals surface area contributed by atoms with E-state index in [2.05, 4.69) is 4.90 Å². The molecule has 34 heavy (non-hydrogen) atoms. The molecular formula is C24H30N4O6. The van der Waals surface area contributed by atoms with Gasteiger partial charge in [0.1, 0.15) is 12.7 Å². The Bertz CT molecular complexity index is 991. The third-order valence-electron chi connectivity index (χ3n) is 7.18. The Hall–Kier alpha value is -3.14. The molecule has 10 heteroatoms. The molecule has 0 saturated carbocycles. The van der Waals surface area contributed by atoms with Crippen LogP contribution in [0.3, 0.4) is 0 Å². The van der Waals surface area contributed by atoms with Gasteiger partial charge in [-0.05, 0) is 44.4 Å². The summed E-state index contributed by atoms with van der Waals surface area (Å²) in [5.74, 6) is -0.0556. The molecule has 3 fully saturated rings. The van der Waals surface area contributed by atoms with E-state index in [1.54, 1.807) is 4.90 Å². The summed E-state index contributed by atoms with van der Waals surface area (Å²) in [4.78, 5) is 56.7. The zero-order chi connectivity index (χ0) is 23.8. The van der Waals surface area contributed by atoms with E-state index in [-0.39, 0.29) is 24.1 Å². The van der Waals surface area contributed by atoms with Crippen LogP contribution < -0.4 is 9.47 Å². The number of carbonyl (C=O) groups is 4. The zero-order valence-corrected chi connectivity index (χ0v) is 19.4. The largest absolute Gasteiger partial charge is 0.486 e. The second kappa shape index (κ2) is 9.25. The van der Waals surface area contributed by atoms with Crippen LogP contribution in [0, 0.1) is 0 Å². The molecule has 4 aliphatic rings. The zero-order valence-electron chi connectivity index (χ0n) is 19.4. The average molecular weight is 471 g/mol. The number of ether oxygens (including phenoxy) is 2. The van der Waals surface area contributed by atoms with Crippen molar-refractivity contribution < 1.29 is 28.7 Å². The van der Waals surface area contributed by atoms with Crippen LogP contribution in [0.15, 0.2) is 24.3 Å². The van der Waals surface area contributed by atoms with Crippen molar-refractivity contribution in [3.05, 3.63) is 24.3 Å². The summed E-state index contributed by atoms with van der Waals surface area (Å²) in [7, 11) is 0. The van der Waals surface area contributed by atoms with Crippen LogP contribution in [0.4, 0.5) is 4.79 Å². The monoisotopic (exact) mass is 470 g/mol. The maximum Gasteiger partial charge on any atom is 0.334 e. The number of urea groups is 1. The number of benzene rings is 1. The first-order valence-corrected chi connectivity index (χ1v) is 12.0. The van der Waals surface area contributed by atoms with Crippen LogP contribution in [0.2, 0.25) is 0 Å². The molecular weight excluding hydrogens is 440 g/mol. The maximum atomic E-state index is 13.2. The molecule has 0 bridgehead atoms. The molecule has 0 aliphatic carbocycles. The first kappa shape index (κ1) is 22.6. The quantitative estimate of drug-likeness (QED) is 0.480. The molecule has 182 valence electrons. The van der Waals surface area contributed by atoms with Crippen molar-refractivity contribution >= 4 is 23.8 Å². The van der Waals surface area contributed by atoms with E-state index in [0.717, 1.165) is 23.6 Å². The van der Waals surface area contributed by atoms with Crippen LogP contribution in [0.1, 0.15) is 32.6 Å². The Morgan fingerprint density at radius 3 is 2.32 bits per heavy atom. The summed E-state index contributed by atoms with van der Waals surface area (Å²) < 4.78 is 11.9. The maximum absolute atomic E-state index is 13.2. The fraction of sp³-hybridized carbons (Fsp3) is 0.583. The fourth-order valence-electron chi connectivity index (χ4n) is 5.43. The van der Waals surface area contributed by atoms with Gasteiger partial charge in [-0.1, -0.05) is 12.1 Å². The predicted molar refractivity (Wildman–Crippen MR) is 120 cm³/mol. The van der Waals surface area contributed by atoms with Crippen molar-refractivity contribution in [1.82, 2.24) is 19.6 Å². The second-order valence-electron chi connectivity index (χ2n) is 9.42. The molecule has 3 saturated heterocycles. The first-order chi connectivity index (χ1) is 16.4. The van der Waals surface area contributed by atoms with Crippen LogP contribution in [0.5, 0.6) is 11.5 Å². The predicted octanol–water partition coefficient (Wildman–Crippen LogP) is 1.09. The minimum atomic E-state index is -0.746. The molecule has 0 N–H and O–H groups in total. The molecule has 2 atom stereocenters. The van der Waals surface area contributed by atoms with Crippen LogP contribution in [-0.2, 0) is 14.4 Å². The smallest absolute Gasteiger partial charge is 0.334 e. The van der Waals surface area contributed by atoms with Gasteiger partial charge < -0.3 is 14.4 Å². The van der Waals surface area contributed by atoms with Gasteiger partial charge in [-0.3, -0.25) is 29.1 Å². The number of para-hydroxylation sites is 2. The number of nitrogens with zero attached hydrogens (tertiary/aromatic N) is 4. The molecule has 0 radical (unpaired) electrons. The highest BCUT2D eigenvalue weighted by molar-refractivity contribution is 6.44. The van der Waals surface area contributed by atoms with Crippen LogP contribution in [0.25, 0.3) is 0 Å². The summed E-state index contributed by atoms with van der Waals surface area (Å²) in [5, 5.41) is 0. The number of carbonyl (C=O) groups excluding carboxylic acids is 4. The lowest BCUT2D eigenvalue weighted by atomic mass is 10.0. The highest BCUT2D eigenvalue weighted by atomic mass is 16.6. The Labute approximate surface area is 198 Å². The van der Waals surface area contributed by atoms with Gasteiger partial charge in [0.2, 0.25) is 5.91 Å². The molecule has 1 aromatic rings. The topological polar surface area (TPSA) is 99.7 Å². The van der Waals surface area contributed by atoms with Crippen molar-refractivity contribution in [1.29, 1.82) is 0 Å². The number of hydrogen-bond acceptors (Lipinski definition) is 7. The highest BCUT2D eigenvalue weighted by Crippen LogP contribution is 2.32. The van der Waals surface area contributed by atoms with Crippen LogP contribution >= 0.6 is 0 Å². The summed E-state index contributed by atoms with van der Waals surface area (Å²) in [6.45, 7) is 4.85. The van der Waals surface area contributed by atoms with Gasteiger partial charge in [-0.15, -0.1) is 0 Å². The van der Waals surface area contributed by atoms with Crippen molar-refractivity contribution in [2.75, 3.05) is 39.3 Å². The standard InChI is InChI=1S/C24H30N4O6/c1-16(29)26-11-8-17(9-12-26)27-22(30)23(31)28(24(27)32)18-5-4-10-25(13-18)14-19-15-33-20-6-2-3-7-21(20)34-19/h2-3,6-7,17-19H,4-5,8-15H2,1H3/t18-,19-/m0/s1. The second-order valence-corrected chi connectivity index (χ2v) is 9.42. The molecule has 4 aliphatic heterocycles. The van der Waals surface area contributed by atoms with E-state index in [4.69, 9.17) is 9.47 Å². The minimum Gasteiger partial charge on any atom is -0.486 e. The number of piperidine rings is 2. The van der Waals surface area contributed by atoms with Crippen LogP contribution in [-0.4, -0.2) is 101 Å². The normalized spacial score (nSPS) is 26.4. The molecule has 0 aromatic heterocycles. The van der Waals surface area contributed by atoms with E-state index in [1.165, 1.54) is 11.8 Å². The summed E-state index contributed by atoms with van der Waals surface area (Å²) in [5.41, 5.74) is 0. The molecule has 5 amide bonds. The Balaban J connectivity index is 1.21. The van der Waals surface area contributed by atoms with Crippen molar-refractivity contribution in [3.63, 3.8) is 0 Å². The van der Waals surface area contributed by atoms with Gasteiger partial charge in [0.05, 0.1) is 6.04 Å². The van der Waals surface area contributed by atoms with Crippen molar-refractivity contribution in [2.24, 2.45) is 0 Å². The number of likely N-dealkylation sites (tertiary alicyclic amines) is 2. The highest BCUT2D eigenvalue weighted by Gasteiger charge is 2.51. The molecule has 4 heterocycles. The number of fused-ring (bicyclic) bond motifs is 1. The molecule has 0 unspecified atom stereocenters. The lowest BCUT2D eigenvalue weighted by molar-refractivity contribution is -0.145. The number of amides is 5. The summed E-state index contributed by atoms with van der Waals surface area (Å²) in [6.07, 6.45) is 2.33. The summed E-state index contributed by atoms with van der Waals surface area (Å²) >= 11 is 0. The van der Waals surface area contributed by atoms with Gasteiger partial charge in [0.15, 0.2) is 11.5 Å². The van der Waals surface area contributed by atoms with E-state index in [9.17, 15) is 19.2 Å². The molecule has 10 nitrogen and oxygen atoms in total. The third-order valence-corrected chi connectivity index (χ3v) is 7.18. The van der Waals surface area contributed by atoms with Gasteiger partial charge in [-0.25, -0.2) is 4.79 Å². The van der Waals surface area contributed by atoms with E-state index >= 15 is 0 Å². The molecule has 1 aromatic carbocycles. The van der Waals surface area contributed by atoms with Crippen molar-refractivity contribution in [2.45, 2.75) is 50.8 Å². The van der Waals surface area contributed by atoms with Gasteiger partial charge in [0, 0.05) is 39.1 Å². The molecule has 5 rings (SSSR count). The Morgan fingerprint density at radius 1 is 0.941 bits per heavy atom. The van der Waals surface area contributed by atoms with E-state index in [1.807, 2.05) is 24.3 Å². The van der Waals surface area contributed by atoms with Crippen molar-refractivity contribution in [3.8, 4) is 11.5 Å². The Morgan fingerprint density at radius 2 is 1.62 bits per heavy atom. The Kier molecular flexibility index (Phi) is 6.16. The van der Waals surface area contributed by atoms with E-state index < -0.39 is 17.8 Å². The average Bonchev–Trinajstić information content (AvgIpc) is 3.07. The van der Waals surface area contributed by atoms with E-state index in [0.29, 0.717) is 57.8 Å². The van der Waals surface area contributed by atoms with Gasteiger partial charge in [-0.2, -0.15) is 0 Å². The SMILES string of the molecule is CC(=O)N1CCC(N2C(=O)C(=O)N([C@H]3CCCN(C[C@H]4COc5ccccc5O4)C3)C2=O)CC1. The number of hydrogen-bond donors (Lipinski definition) is 0. The van der Waals surface area contributed by atoms with Gasteiger partial charge in [0.25, 0.3) is 0 Å². The number of imide groups is 2. The third kappa shape index (κ3) is 4.22. The van der Waals surface area contributed by atoms with Gasteiger partial charge >= 0.3 is 17.8 Å². The minimum absolute atomic E-state index is 0.0200. The molecule has 0 spiro atoms. The summed E-state index contributed by atoms with van der Waals surface area (Å²) in [6, 6.07) is 6.34. The first-order valence-electron chi connectivity index (χ1n) is 12.0. The lowest BCUT2D eigenvalue weighted by Crippen LogP contribution is -2.54.